The quantitative estimate of drug-likeness (QED) is 0.522. The number of benzene rings is 1. The second kappa shape index (κ2) is 7.72. The van der Waals surface area contributed by atoms with Gasteiger partial charge in [0.05, 0.1) is 17.1 Å². The molecule has 4 aliphatic rings. The van der Waals surface area contributed by atoms with Crippen molar-refractivity contribution in [2.45, 2.75) is 56.8 Å². The minimum absolute atomic E-state index is 0.0272. The summed E-state index contributed by atoms with van der Waals surface area (Å²) in [7, 11) is -3.91. The molecule has 1 aromatic carbocycles. The zero-order chi connectivity index (χ0) is 20.6. The van der Waals surface area contributed by atoms with Gasteiger partial charge in [-0.3, -0.25) is 10.2 Å². The molecule has 4 saturated carbocycles. The second-order valence-corrected chi connectivity index (χ2v) is 10.7. The highest BCUT2D eigenvalue weighted by Gasteiger charge is 2.51. The second-order valence-electron chi connectivity index (χ2n) is 8.99. The van der Waals surface area contributed by atoms with Crippen molar-refractivity contribution in [1.29, 1.82) is 0 Å². The Balaban J connectivity index is 1.34. The summed E-state index contributed by atoms with van der Waals surface area (Å²) < 4.78 is 29.8. The van der Waals surface area contributed by atoms with Crippen LogP contribution in [0.5, 0.6) is 0 Å². The summed E-state index contributed by atoms with van der Waals surface area (Å²) in [5, 5.41) is 0. The Morgan fingerprint density at radius 2 is 1.59 bits per heavy atom. The largest absolute Gasteiger partial charge is 0.462 e. The van der Waals surface area contributed by atoms with Crippen molar-refractivity contribution in [3.05, 3.63) is 29.8 Å². The molecule has 5 rings (SSSR count). The molecule has 2 N–H and O–H groups in total. The fraction of sp³-hybridized carbons (Fsp3) is 0.619. The zero-order valence-electron chi connectivity index (χ0n) is 16.6. The topological polar surface area (TPSA) is 102 Å². The number of esters is 1. The number of nitrogens with one attached hydrogen (secondary N) is 2. The third-order valence-corrected chi connectivity index (χ3v) is 7.96. The Kier molecular flexibility index (Phi) is 5.42. The number of carbonyl (C=O) groups is 2. The van der Waals surface area contributed by atoms with Gasteiger partial charge in [0.25, 0.3) is 10.0 Å². The van der Waals surface area contributed by atoms with Crippen LogP contribution in [0.1, 0.15) is 62.2 Å². The van der Waals surface area contributed by atoms with Gasteiger partial charge < -0.3 is 4.74 Å². The van der Waals surface area contributed by atoms with Gasteiger partial charge in [0.15, 0.2) is 0 Å². The molecule has 0 aromatic heterocycles. The molecule has 0 heterocycles. The number of amides is 1. The van der Waals surface area contributed by atoms with E-state index in [2.05, 4.69) is 10.3 Å². The molecule has 4 fully saturated rings. The number of sulfonamides is 1. The van der Waals surface area contributed by atoms with Gasteiger partial charge in [0, 0.05) is 6.42 Å². The molecule has 29 heavy (non-hydrogen) atoms. The van der Waals surface area contributed by atoms with E-state index in [9.17, 15) is 18.0 Å². The van der Waals surface area contributed by atoms with Gasteiger partial charge in [-0.25, -0.2) is 13.2 Å². The van der Waals surface area contributed by atoms with Gasteiger partial charge in [-0.05, 0) is 92.9 Å². The van der Waals surface area contributed by atoms with Gasteiger partial charge in [-0.2, -0.15) is 0 Å². The van der Waals surface area contributed by atoms with Gasteiger partial charge in [-0.1, -0.05) is 0 Å². The van der Waals surface area contributed by atoms with E-state index in [4.69, 9.17) is 4.74 Å². The maximum Gasteiger partial charge on any atom is 0.338 e. The number of hydrogen-bond acceptors (Lipinski definition) is 5. The lowest BCUT2D eigenvalue weighted by molar-refractivity contribution is -0.129. The normalized spacial score (nSPS) is 30.2. The smallest absolute Gasteiger partial charge is 0.338 e. The van der Waals surface area contributed by atoms with E-state index in [-0.39, 0.29) is 28.4 Å². The first-order valence-electron chi connectivity index (χ1n) is 10.4. The van der Waals surface area contributed by atoms with E-state index in [0.717, 1.165) is 37.0 Å². The molecule has 1 amide bonds. The number of ether oxygens (including phenoxy) is 1. The van der Waals surface area contributed by atoms with Crippen molar-refractivity contribution >= 4 is 21.9 Å². The molecular weight excluding hydrogens is 392 g/mol. The monoisotopic (exact) mass is 420 g/mol. The van der Waals surface area contributed by atoms with E-state index in [1.54, 1.807) is 6.92 Å². The van der Waals surface area contributed by atoms with Crippen LogP contribution in [0.2, 0.25) is 0 Å². The molecule has 158 valence electrons. The Morgan fingerprint density at radius 3 is 2.10 bits per heavy atom. The Bertz CT molecular complexity index is 859. The maximum absolute atomic E-state index is 12.5. The highest BCUT2D eigenvalue weighted by atomic mass is 32.2. The highest BCUT2D eigenvalue weighted by molar-refractivity contribution is 7.89. The molecule has 4 bridgehead atoms. The molecule has 8 heteroatoms. The van der Waals surface area contributed by atoms with E-state index in [1.165, 1.54) is 43.5 Å². The minimum Gasteiger partial charge on any atom is -0.462 e. The van der Waals surface area contributed by atoms with E-state index >= 15 is 0 Å². The predicted octanol–water partition coefficient (Wildman–Crippen LogP) is 2.78. The molecule has 0 spiro atoms. The molecule has 4 aliphatic carbocycles. The van der Waals surface area contributed by atoms with E-state index < -0.39 is 16.0 Å². The molecule has 0 saturated heterocycles. The summed E-state index contributed by atoms with van der Waals surface area (Å²) in [6.45, 7) is 1.95. The lowest BCUT2D eigenvalue weighted by Gasteiger charge is -2.56. The molecule has 0 radical (unpaired) electrons. The van der Waals surface area contributed by atoms with Crippen LogP contribution >= 0.6 is 0 Å². The fourth-order valence-corrected chi connectivity index (χ4v) is 6.92. The number of hydrogen-bond donors (Lipinski definition) is 2. The molecule has 0 unspecified atom stereocenters. The van der Waals surface area contributed by atoms with Crippen molar-refractivity contribution in [2.24, 2.45) is 23.2 Å². The van der Waals surface area contributed by atoms with Crippen molar-refractivity contribution in [1.82, 2.24) is 10.3 Å². The Morgan fingerprint density at radius 1 is 1.03 bits per heavy atom. The molecule has 1 aromatic rings. The van der Waals surface area contributed by atoms with Crippen LogP contribution in [0, 0.1) is 23.2 Å². The Hall–Kier alpha value is -1.93. The van der Waals surface area contributed by atoms with Crippen LogP contribution in [0.4, 0.5) is 0 Å². The molecular formula is C21H28N2O5S. The average Bonchev–Trinajstić information content (AvgIpc) is 2.65. The molecule has 0 atom stereocenters. The summed E-state index contributed by atoms with van der Waals surface area (Å²) in [6, 6.07) is 5.42. The van der Waals surface area contributed by atoms with Crippen molar-refractivity contribution in [2.75, 3.05) is 6.61 Å². The first-order chi connectivity index (χ1) is 13.8. The minimum atomic E-state index is -3.91. The van der Waals surface area contributed by atoms with Gasteiger partial charge in [0.2, 0.25) is 5.91 Å². The lowest BCUT2D eigenvalue weighted by atomic mass is 9.49. The SMILES string of the molecule is CCOC(=O)c1ccc(S(=O)(=O)NNC(=O)CC23CC4CC(CC(C4)C2)C3)cc1. The summed E-state index contributed by atoms with van der Waals surface area (Å²) in [5.41, 5.74) is 2.71. The average molecular weight is 421 g/mol. The fourth-order valence-electron chi connectivity index (χ4n) is 6.06. The van der Waals surface area contributed by atoms with Crippen LogP contribution in [0.3, 0.4) is 0 Å². The molecule has 7 nitrogen and oxygen atoms in total. The summed E-state index contributed by atoms with van der Waals surface area (Å²) >= 11 is 0. The van der Waals surface area contributed by atoms with Crippen LogP contribution < -0.4 is 10.3 Å². The Labute approximate surface area is 171 Å². The number of rotatable bonds is 7. The van der Waals surface area contributed by atoms with Gasteiger partial charge in [0.1, 0.15) is 0 Å². The van der Waals surface area contributed by atoms with Crippen molar-refractivity contribution in [3.8, 4) is 0 Å². The van der Waals surface area contributed by atoms with Crippen LogP contribution in [-0.4, -0.2) is 26.9 Å². The summed E-state index contributed by atoms with van der Waals surface area (Å²) in [5.74, 6) is 1.43. The zero-order valence-corrected chi connectivity index (χ0v) is 17.5. The first kappa shape index (κ1) is 20.3. The van der Waals surface area contributed by atoms with E-state index in [0.29, 0.717) is 6.42 Å². The highest BCUT2D eigenvalue weighted by Crippen LogP contribution is 2.61. The third kappa shape index (κ3) is 4.33. The van der Waals surface area contributed by atoms with Crippen LogP contribution in [0.15, 0.2) is 29.2 Å². The van der Waals surface area contributed by atoms with Gasteiger partial charge >= 0.3 is 5.97 Å². The van der Waals surface area contributed by atoms with Crippen molar-refractivity contribution < 1.29 is 22.7 Å². The third-order valence-electron chi connectivity index (χ3n) is 6.70. The number of hydrazine groups is 1. The van der Waals surface area contributed by atoms with E-state index in [1.807, 2.05) is 0 Å². The standard InChI is InChI=1S/C21H28N2O5S/c1-2-28-20(25)17-3-5-18(6-4-17)29(26,27)23-22-19(24)13-21-10-14-7-15(11-21)9-16(8-14)12-21/h3-6,14-16,23H,2,7-13H2,1H3,(H,22,24). The summed E-state index contributed by atoms with van der Waals surface area (Å²) in [6.07, 6.45) is 7.55. The van der Waals surface area contributed by atoms with Gasteiger partial charge in [-0.15, -0.1) is 4.83 Å². The van der Waals surface area contributed by atoms with Crippen LogP contribution in [0.25, 0.3) is 0 Å². The lowest BCUT2D eigenvalue weighted by Crippen LogP contribution is -2.50. The maximum atomic E-state index is 12.5. The van der Waals surface area contributed by atoms with Crippen molar-refractivity contribution in [3.63, 3.8) is 0 Å². The predicted molar refractivity (Wildman–Crippen MR) is 106 cm³/mol. The number of carbonyl (C=O) groups excluding carboxylic acids is 2. The first-order valence-corrected chi connectivity index (χ1v) is 11.8. The molecule has 0 aliphatic heterocycles. The summed E-state index contributed by atoms with van der Waals surface area (Å²) in [4.78, 5) is 26.4. The van der Waals surface area contributed by atoms with Crippen LogP contribution in [-0.2, 0) is 19.6 Å².